The lowest BCUT2D eigenvalue weighted by molar-refractivity contribution is 0.795. The highest BCUT2D eigenvalue weighted by atomic mass is 31.0. The third-order valence-electron chi connectivity index (χ3n) is 1.94. The molecule has 1 unspecified atom stereocenters. The molecule has 13 heavy (non-hydrogen) atoms. The van der Waals surface area contributed by atoms with E-state index in [0.29, 0.717) is 0 Å². The smallest absolute Gasteiger partial charge is 0.0279 e. The molecule has 0 aliphatic rings. The van der Waals surface area contributed by atoms with Gasteiger partial charge >= 0.3 is 0 Å². The fraction of sp³-hybridized carbons (Fsp3) is 0.500. The molecule has 1 aromatic carbocycles. The van der Waals surface area contributed by atoms with E-state index in [0.717, 1.165) is 0 Å². The van der Waals surface area contributed by atoms with Crippen molar-refractivity contribution in [1.82, 2.24) is 0 Å². The Hall–Kier alpha value is -0.350. The van der Waals surface area contributed by atoms with Crippen molar-refractivity contribution in [3.8, 4) is 0 Å². The van der Waals surface area contributed by atoms with Crippen molar-refractivity contribution in [3.63, 3.8) is 0 Å². The first kappa shape index (κ1) is 12.7. The van der Waals surface area contributed by atoms with Crippen LogP contribution in [0.1, 0.15) is 30.9 Å². The van der Waals surface area contributed by atoms with Crippen LogP contribution in [-0.2, 0) is 6.42 Å². The van der Waals surface area contributed by atoms with Crippen LogP contribution in [0, 0.1) is 6.92 Å². The van der Waals surface area contributed by atoms with Gasteiger partial charge < -0.3 is 0 Å². The van der Waals surface area contributed by atoms with Crippen molar-refractivity contribution in [2.24, 2.45) is 0 Å². The van der Waals surface area contributed by atoms with Gasteiger partial charge in [-0.3, -0.25) is 0 Å². The number of hydrogen-bond donors (Lipinski definition) is 0. The van der Waals surface area contributed by atoms with Gasteiger partial charge in [0.2, 0.25) is 0 Å². The molecule has 0 N–H and O–H groups in total. The van der Waals surface area contributed by atoms with Gasteiger partial charge in [-0.15, -0.1) is 9.24 Å². The molecule has 0 radical (unpaired) electrons. The number of unbranched alkanes of at least 4 members (excludes halogenated alkanes) is 1. The largest absolute Gasteiger partial charge is 0.141 e. The zero-order valence-electron chi connectivity index (χ0n) is 9.01. The van der Waals surface area contributed by atoms with Gasteiger partial charge in [-0.25, -0.2) is 0 Å². The van der Waals surface area contributed by atoms with Gasteiger partial charge in [0.1, 0.15) is 0 Å². The van der Waals surface area contributed by atoms with E-state index < -0.39 is 0 Å². The summed E-state index contributed by atoms with van der Waals surface area (Å²) in [6.07, 6.45) is 3.83. The van der Waals surface area contributed by atoms with Crippen molar-refractivity contribution < 1.29 is 0 Å². The Morgan fingerprint density at radius 1 is 1.08 bits per heavy atom. The summed E-state index contributed by atoms with van der Waals surface area (Å²) in [5.74, 6) is 0. The standard InChI is InChI=1S/C11H16.CH5P/c1-3-4-5-11-8-6-10(2)7-9-11;1-2/h6-9H,3-5H2,1-2H3;2H2,1H3. The van der Waals surface area contributed by atoms with Crippen LogP contribution in [0.3, 0.4) is 0 Å². The first-order valence-electron chi connectivity index (χ1n) is 4.96. The maximum atomic E-state index is 2.42. The normalized spacial score (nSPS) is 8.92. The quantitative estimate of drug-likeness (QED) is 0.644. The molecule has 0 aromatic heterocycles. The predicted molar refractivity (Wildman–Crippen MR) is 65.4 cm³/mol. The van der Waals surface area contributed by atoms with Crippen molar-refractivity contribution in [2.45, 2.75) is 33.1 Å². The molecule has 1 rings (SSSR count). The lowest BCUT2D eigenvalue weighted by Gasteiger charge is -1.99. The van der Waals surface area contributed by atoms with E-state index in [1.165, 1.54) is 30.4 Å². The minimum atomic E-state index is 1.23. The Kier molecular flexibility index (Phi) is 8.04. The molecule has 1 atom stereocenters. The van der Waals surface area contributed by atoms with Crippen molar-refractivity contribution >= 4 is 9.24 Å². The average molecular weight is 196 g/mol. The third kappa shape index (κ3) is 5.82. The number of benzene rings is 1. The average Bonchev–Trinajstić information content (AvgIpc) is 2.20. The molecule has 0 amide bonds. The van der Waals surface area contributed by atoms with E-state index in [2.05, 4.69) is 47.4 Å². The first-order chi connectivity index (χ1) is 6.33. The van der Waals surface area contributed by atoms with Crippen molar-refractivity contribution in [2.75, 3.05) is 6.66 Å². The molecule has 0 fully saturated rings. The molecule has 0 spiro atoms. The summed E-state index contributed by atoms with van der Waals surface area (Å²) < 4.78 is 0. The van der Waals surface area contributed by atoms with Gasteiger partial charge in [0.05, 0.1) is 0 Å². The van der Waals surface area contributed by atoms with Crippen LogP contribution in [0.5, 0.6) is 0 Å². The maximum Gasteiger partial charge on any atom is -0.0279 e. The summed E-state index contributed by atoms with van der Waals surface area (Å²) in [5, 5.41) is 0. The molecule has 74 valence electrons. The molecule has 0 saturated carbocycles. The molecular weight excluding hydrogens is 175 g/mol. The lowest BCUT2D eigenvalue weighted by atomic mass is 10.1. The molecule has 0 saturated heterocycles. The zero-order valence-corrected chi connectivity index (χ0v) is 10.2. The van der Waals surface area contributed by atoms with Crippen molar-refractivity contribution in [1.29, 1.82) is 0 Å². The number of aryl methyl sites for hydroxylation is 2. The van der Waals surface area contributed by atoms with E-state index in [-0.39, 0.29) is 0 Å². The fourth-order valence-electron chi connectivity index (χ4n) is 1.14. The Bertz CT molecular complexity index is 201. The van der Waals surface area contributed by atoms with E-state index in [4.69, 9.17) is 0 Å². The van der Waals surface area contributed by atoms with Gasteiger partial charge in [-0.2, -0.15) is 0 Å². The monoisotopic (exact) mass is 196 g/mol. The molecule has 0 aliphatic carbocycles. The minimum Gasteiger partial charge on any atom is -0.141 e. The molecule has 0 bridgehead atoms. The summed E-state index contributed by atoms with van der Waals surface area (Å²) in [6.45, 7) is 6.28. The van der Waals surface area contributed by atoms with E-state index in [1.54, 1.807) is 0 Å². The van der Waals surface area contributed by atoms with Gasteiger partial charge in [0.25, 0.3) is 0 Å². The first-order valence-corrected chi connectivity index (χ1v) is 6.11. The molecule has 1 heteroatoms. The Balaban J connectivity index is 0.000000671. The summed E-state index contributed by atoms with van der Waals surface area (Å²) in [5.41, 5.74) is 2.82. The highest BCUT2D eigenvalue weighted by Gasteiger charge is 1.90. The van der Waals surface area contributed by atoms with Crippen LogP contribution in [0.4, 0.5) is 0 Å². The van der Waals surface area contributed by atoms with E-state index in [1.807, 2.05) is 6.66 Å². The zero-order chi connectivity index (χ0) is 10.1. The van der Waals surface area contributed by atoms with Crippen molar-refractivity contribution in [3.05, 3.63) is 35.4 Å². The maximum absolute atomic E-state index is 2.42. The molecule has 1 aromatic rings. The van der Waals surface area contributed by atoms with Crippen LogP contribution in [0.25, 0.3) is 0 Å². The van der Waals surface area contributed by atoms with Gasteiger partial charge in [-0.1, -0.05) is 49.8 Å². The summed E-state index contributed by atoms with van der Waals surface area (Å²) in [7, 11) is 2.42. The Morgan fingerprint density at radius 3 is 2.08 bits per heavy atom. The van der Waals surface area contributed by atoms with E-state index >= 15 is 0 Å². The highest BCUT2D eigenvalue weighted by Crippen LogP contribution is 2.06. The van der Waals surface area contributed by atoms with Crippen LogP contribution < -0.4 is 0 Å². The van der Waals surface area contributed by atoms with Gasteiger partial charge in [0, 0.05) is 0 Å². The SMILES string of the molecule is CCCCc1ccc(C)cc1.CP. The summed E-state index contributed by atoms with van der Waals surface area (Å²) in [4.78, 5) is 0. The minimum absolute atomic E-state index is 1.23. The van der Waals surface area contributed by atoms with Crippen LogP contribution in [0.15, 0.2) is 24.3 Å². The predicted octanol–water partition coefficient (Wildman–Crippen LogP) is 3.83. The fourth-order valence-corrected chi connectivity index (χ4v) is 1.14. The van der Waals surface area contributed by atoms with Crippen LogP contribution in [-0.4, -0.2) is 6.66 Å². The second-order valence-corrected chi connectivity index (χ2v) is 3.09. The molecule has 0 aliphatic heterocycles. The Morgan fingerprint density at radius 2 is 1.62 bits per heavy atom. The second-order valence-electron chi connectivity index (χ2n) is 3.09. The van der Waals surface area contributed by atoms with Gasteiger partial charge in [0.15, 0.2) is 0 Å². The highest BCUT2D eigenvalue weighted by molar-refractivity contribution is 7.15. The third-order valence-corrected chi connectivity index (χ3v) is 1.94. The summed E-state index contributed by atoms with van der Waals surface area (Å²) in [6, 6.07) is 8.83. The molecule has 0 heterocycles. The Labute approximate surface area is 85.0 Å². The van der Waals surface area contributed by atoms with Crippen LogP contribution >= 0.6 is 9.24 Å². The van der Waals surface area contributed by atoms with Gasteiger partial charge in [-0.05, 0) is 25.3 Å². The molecular formula is C12H21P. The summed E-state index contributed by atoms with van der Waals surface area (Å²) >= 11 is 0. The lowest BCUT2D eigenvalue weighted by Crippen LogP contribution is -1.83. The topological polar surface area (TPSA) is 0 Å². The number of rotatable bonds is 3. The number of hydrogen-bond acceptors (Lipinski definition) is 0. The molecule has 0 nitrogen and oxygen atoms in total. The second kappa shape index (κ2) is 8.26. The van der Waals surface area contributed by atoms with E-state index in [9.17, 15) is 0 Å². The van der Waals surface area contributed by atoms with Crippen LogP contribution in [0.2, 0.25) is 0 Å².